The fourth-order valence-corrected chi connectivity index (χ4v) is 0.0998. The minimum Gasteiger partial charge on any atom is -0.792 e. The molecule has 0 aromatic carbocycles. The van der Waals surface area contributed by atoms with Gasteiger partial charge in [0.1, 0.15) is 0 Å². The van der Waals surface area contributed by atoms with Crippen molar-refractivity contribution in [2.45, 2.75) is 6.92 Å². The first kappa shape index (κ1) is 5.94. The van der Waals surface area contributed by atoms with Crippen molar-refractivity contribution in [2.75, 3.05) is 0 Å². The van der Waals surface area contributed by atoms with Crippen molar-refractivity contribution >= 4 is 11.9 Å². The Balaban J connectivity index is 3.58. The van der Waals surface area contributed by atoms with Crippen molar-refractivity contribution in [1.29, 1.82) is 0 Å². The second kappa shape index (κ2) is 3.14. The Morgan fingerprint density at radius 3 is 2.29 bits per heavy atom. The molecule has 0 atom stereocenters. The Morgan fingerprint density at radius 1 is 1.57 bits per heavy atom. The van der Waals surface area contributed by atoms with Crippen LogP contribution in [0.15, 0.2) is 10.3 Å². The first-order valence-electron chi connectivity index (χ1n) is 1.64. The maximum absolute atomic E-state index is 9.38. The molecule has 0 aromatic heterocycles. The van der Waals surface area contributed by atoms with E-state index in [2.05, 4.69) is 10.3 Å². The first-order chi connectivity index (χ1) is 3.31. The van der Waals surface area contributed by atoms with Gasteiger partial charge in [-0.2, -0.15) is 0 Å². The van der Waals surface area contributed by atoms with Crippen LogP contribution >= 0.6 is 0 Å². The number of nitrogens with zero attached hydrogens (tertiary/aromatic N) is 2. The third-order valence-corrected chi connectivity index (χ3v) is 0.384. The summed E-state index contributed by atoms with van der Waals surface area (Å²) in [7, 11) is 0. The average Bonchev–Trinajstić information content (AvgIpc) is 1.68. The summed E-state index contributed by atoms with van der Waals surface area (Å²) in [4.78, 5) is 0. The second-order valence-corrected chi connectivity index (χ2v) is 0.967. The molecule has 0 bridgehead atoms. The molecule has 0 fully saturated rings. The van der Waals surface area contributed by atoms with Crippen molar-refractivity contribution in [3.63, 3.8) is 0 Å². The van der Waals surface area contributed by atoms with E-state index in [1.807, 2.05) is 0 Å². The summed E-state index contributed by atoms with van der Waals surface area (Å²) in [6, 6.07) is 0. The average molecular weight is 100 g/mol. The summed E-state index contributed by atoms with van der Waals surface area (Å²) in [6.07, 6.45) is 0.854. The van der Waals surface area contributed by atoms with Crippen LogP contribution in [0.4, 0.5) is 0 Å². The monoisotopic (exact) mass is 100 g/mol. The topological polar surface area (TPSA) is 70.8 Å². The molecule has 7 heavy (non-hydrogen) atoms. The molecule has 0 aromatic rings. The van der Waals surface area contributed by atoms with Crippen LogP contribution in [0.3, 0.4) is 0 Å². The van der Waals surface area contributed by atoms with Gasteiger partial charge < -0.3 is 20.7 Å². The molecule has 0 aliphatic rings. The number of hydrogen-bond donors (Lipinski definition) is 0. The van der Waals surface area contributed by atoms with Gasteiger partial charge >= 0.3 is 0 Å². The molecule has 0 aliphatic heterocycles. The lowest BCUT2D eigenvalue weighted by molar-refractivity contribution is 1.58. The molecular formula is C3H4N2O2-2. The lowest BCUT2D eigenvalue weighted by atomic mass is 10.5. The molecule has 0 aliphatic carbocycles. The Kier molecular flexibility index (Phi) is 2.67. The van der Waals surface area contributed by atoms with Crippen LogP contribution in [-0.2, 0) is 0 Å². The largest absolute Gasteiger partial charge is 0.792 e. The molecule has 0 saturated heterocycles. The van der Waals surface area contributed by atoms with E-state index in [0.717, 1.165) is 6.21 Å². The van der Waals surface area contributed by atoms with Gasteiger partial charge in [0, 0.05) is 11.9 Å². The zero-order valence-electron chi connectivity index (χ0n) is 3.79. The summed E-state index contributed by atoms with van der Waals surface area (Å²) in [5.74, 6) is 0. The SMILES string of the molecule is CC(C=N[O-])=N[O-]. The van der Waals surface area contributed by atoms with E-state index in [-0.39, 0.29) is 5.71 Å². The summed E-state index contributed by atoms with van der Waals surface area (Å²) in [6.45, 7) is 1.40. The molecule has 0 N–H and O–H groups in total. The van der Waals surface area contributed by atoms with Crippen LogP contribution < -0.4 is 0 Å². The molecule has 0 radical (unpaired) electrons. The molecule has 0 rings (SSSR count). The summed E-state index contributed by atoms with van der Waals surface area (Å²) < 4.78 is 0. The van der Waals surface area contributed by atoms with Gasteiger partial charge in [0.2, 0.25) is 0 Å². The maximum atomic E-state index is 9.38. The van der Waals surface area contributed by atoms with E-state index in [9.17, 15) is 10.4 Å². The number of rotatable bonds is 1. The third kappa shape index (κ3) is 2.75. The van der Waals surface area contributed by atoms with Crippen molar-refractivity contribution in [3.8, 4) is 0 Å². The fraction of sp³-hybridized carbons (Fsp3) is 0.333. The normalized spacial score (nSPS) is 13.0. The zero-order chi connectivity index (χ0) is 5.70. The molecular weight excluding hydrogens is 96.0 g/mol. The van der Waals surface area contributed by atoms with Crippen LogP contribution in [0.5, 0.6) is 0 Å². The van der Waals surface area contributed by atoms with E-state index < -0.39 is 0 Å². The highest BCUT2D eigenvalue weighted by atomic mass is 16.4. The van der Waals surface area contributed by atoms with Crippen molar-refractivity contribution in [1.82, 2.24) is 0 Å². The molecule has 40 valence electrons. The third-order valence-electron chi connectivity index (χ3n) is 0.384. The smallest absolute Gasteiger partial charge is 0.0436 e. The Morgan fingerprint density at radius 2 is 2.14 bits per heavy atom. The van der Waals surface area contributed by atoms with Gasteiger partial charge in [-0.25, -0.2) is 0 Å². The Hall–Kier alpha value is -1.06. The van der Waals surface area contributed by atoms with Crippen molar-refractivity contribution in [2.24, 2.45) is 10.3 Å². The highest BCUT2D eigenvalue weighted by molar-refractivity contribution is 6.29. The van der Waals surface area contributed by atoms with Gasteiger partial charge in [0.15, 0.2) is 0 Å². The predicted molar refractivity (Wildman–Crippen MR) is 28.3 cm³/mol. The van der Waals surface area contributed by atoms with Crippen LogP contribution in [0, 0.1) is 10.4 Å². The van der Waals surface area contributed by atoms with Crippen LogP contribution in [0.2, 0.25) is 0 Å². The predicted octanol–water partition coefficient (Wildman–Crippen LogP) is 0.514. The van der Waals surface area contributed by atoms with Gasteiger partial charge in [-0.05, 0) is 6.92 Å². The lowest BCUT2D eigenvalue weighted by Gasteiger charge is -1.93. The molecule has 0 heterocycles. The van der Waals surface area contributed by atoms with Gasteiger partial charge in [-0.3, -0.25) is 0 Å². The van der Waals surface area contributed by atoms with Gasteiger partial charge in [0.25, 0.3) is 0 Å². The van der Waals surface area contributed by atoms with E-state index >= 15 is 0 Å². The molecule has 0 saturated carbocycles. The minimum atomic E-state index is 0.0926. The van der Waals surface area contributed by atoms with Crippen LogP contribution in [0.1, 0.15) is 6.92 Å². The fourth-order valence-electron chi connectivity index (χ4n) is 0.0998. The standard InChI is InChI=1S/C3H6N2O2/c1-3(5-7)2-4-6/h2,6-7H,1H3/p-2. The molecule has 4 heteroatoms. The van der Waals surface area contributed by atoms with Gasteiger partial charge in [-0.1, -0.05) is 0 Å². The van der Waals surface area contributed by atoms with Crippen LogP contribution in [0.25, 0.3) is 0 Å². The first-order valence-corrected chi connectivity index (χ1v) is 1.64. The van der Waals surface area contributed by atoms with Crippen molar-refractivity contribution < 1.29 is 0 Å². The molecule has 0 spiro atoms. The molecule has 0 amide bonds. The van der Waals surface area contributed by atoms with Gasteiger partial charge in [0.05, 0.1) is 0 Å². The highest BCUT2D eigenvalue weighted by Gasteiger charge is 1.69. The van der Waals surface area contributed by atoms with E-state index in [4.69, 9.17) is 0 Å². The van der Waals surface area contributed by atoms with E-state index in [1.54, 1.807) is 0 Å². The second-order valence-electron chi connectivity index (χ2n) is 0.967. The molecule has 4 nitrogen and oxygen atoms in total. The van der Waals surface area contributed by atoms with Crippen LogP contribution in [-0.4, -0.2) is 11.9 Å². The lowest BCUT2D eigenvalue weighted by Crippen LogP contribution is -1.88. The maximum Gasteiger partial charge on any atom is 0.0436 e. The number of hydrogen-bond acceptors (Lipinski definition) is 4. The minimum absolute atomic E-state index is 0.0926. The van der Waals surface area contributed by atoms with E-state index in [0.29, 0.717) is 0 Å². The zero-order valence-corrected chi connectivity index (χ0v) is 3.79. The van der Waals surface area contributed by atoms with E-state index in [1.165, 1.54) is 6.92 Å². The Labute approximate surface area is 40.8 Å². The quantitative estimate of drug-likeness (QED) is 0.356. The molecule has 0 unspecified atom stereocenters. The highest BCUT2D eigenvalue weighted by Crippen LogP contribution is 1.67. The summed E-state index contributed by atoms with van der Waals surface area (Å²) in [5.41, 5.74) is 0.0926. The van der Waals surface area contributed by atoms with Crippen molar-refractivity contribution in [3.05, 3.63) is 10.4 Å². The summed E-state index contributed by atoms with van der Waals surface area (Å²) >= 11 is 0. The Bertz CT molecular complexity index is 97.1. The van der Waals surface area contributed by atoms with Gasteiger partial charge in [-0.15, -0.1) is 0 Å². The summed E-state index contributed by atoms with van der Waals surface area (Å²) in [5, 5.41) is 23.3.